The minimum atomic E-state index is -0.156. The van der Waals surface area contributed by atoms with Crippen molar-refractivity contribution in [3.05, 3.63) is 46.4 Å². The van der Waals surface area contributed by atoms with Crippen LogP contribution in [0.3, 0.4) is 0 Å². The molecule has 1 aromatic heterocycles. The molecule has 0 N–H and O–H groups in total. The zero-order valence-electron chi connectivity index (χ0n) is 11.7. The van der Waals surface area contributed by atoms with E-state index in [-0.39, 0.29) is 17.5 Å². The predicted octanol–water partition coefficient (Wildman–Crippen LogP) is 2.28. The fourth-order valence-electron chi connectivity index (χ4n) is 2.18. The van der Waals surface area contributed by atoms with Crippen molar-refractivity contribution >= 4 is 16.7 Å². The van der Waals surface area contributed by atoms with Gasteiger partial charge in [-0.05, 0) is 31.4 Å². The molecule has 0 spiro atoms. The Bertz CT molecular complexity index is 684. The van der Waals surface area contributed by atoms with Gasteiger partial charge in [0.05, 0.1) is 0 Å². The average molecular weight is 258 g/mol. The highest BCUT2D eigenvalue weighted by atomic mass is 16.2. The fourth-order valence-corrected chi connectivity index (χ4v) is 2.18. The molecular formula is C15H18N2O2. The van der Waals surface area contributed by atoms with Crippen LogP contribution in [0.1, 0.15) is 30.4 Å². The summed E-state index contributed by atoms with van der Waals surface area (Å²) in [6, 6.07) is 9.08. The molecule has 0 saturated heterocycles. The number of fused-ring (bicyclic) bond motifs is 1. The minimum absolute atomic E-state index is 0.0593. The number of carbonyl (C=O) groups is 1. The Hall–Kier alpha value is -2.10. The molecule has 0 radical (unpaired) electrons. The molecule has 4 nitrogen and oxygen atoms in total. The van der Waals surface area contributed by atoms with Crippen molar-refractivity contribution in [2.24, 2.45) is 0 Å². The lowest BCUT2D eigenvalue weighted by molar-refractivity contribution is 0.0814. The number of aromatic nitrogens is 1. The normalized spacial score (nSPS) is 11.0. The van der Waals surface area contributed by atoms with Crippen LogP contribution in [0.4, 0.5) is 0 Å². The average Bonchev–Trinajstić information content (AvgIpc) is 2.37. The number of hydrogen-bond donors (Lipinski definition) is 0. The van der Waals surface area contributed by atoms with Crippen LogP contribution in [0.2, 0.25) is 0 Å². The van der Waals surface area contributed by atoms with Crippen LogP contribution in [0.5, 0.6) is 0 Å². The highest BCUT2D eigenvalue weighted by Gasteiger charge is 2.18. The van der Waals surface area contributed by atoms with Gasteiger partial charge in [0, 0.05) is 25.5 Å². The molecule has 0 aliphatic rings. The van der Waals surface area contributed by atoms with E-state index in [9.17, 15) is 9.59 Å². The third-order valence-electron chi connectivity index (χ3n) is 3.10. The van der Waals surface area contributed by atoms with E-state index in [1.54, 1.807) is 30.8 Å². The van der Waals surface area contributed by atoms with Gasteiger partial charge in [-0.15, -0.1) is 0 Å². The Balaban J connectivity index is 2.86. The maximum absolute atomic E-state index is 12.5. The summed E-state index contributed by atoms with van der Waals surface area (Å²) < 4.78 is 1.56. The second-order valence-electron chi connectivity index (χ2n) is 5.09. The number of pyridine rings is 1. The molecule has 4 heteroatoms. The van der Waals surface area contributed by atoms with E-state index in [0.29, 0.717) is 11.1 Å². The first-order valence-corrected chi connectivity index (χ1v) is 6.29. The second-order valence-corrected chi connectivity index (χ2v) is 5.09. The summed E-state index contributed by atoms with van der Waals surface area (Å²) in [5.74, 6) is -0.156. The summed E-state index contributed by atoms with van der Waals surface area (Å²) in [5.41, 5.74) is 0.321. The van der Waals surface area contributed by atoms with Gasteiger partial charge in [0.25, 0.3) is 11.5 Å². The van der Waals surface area contributed by atoms with Crippen molar-refractivity contribution < 1.29 is 4.79 Å². The first-order chi connectivity index (χ1) is 8.93. The second kappa shape index (κ2) is 4.88. The summed E-state index contributed by atoms with van der Waals surface area (Å²) >= 11 is 0. The van der Waals surface area contributed by atoms with Gasteiger partial charge in [0.1, 0.15) is 5.69 Å². The molecule has 2 rings (SSSR count). The Morgan fingerprint density at radius 3 is 2.42 bits per heavy atom. The van der Waals surface area contributed by atoms with Crippen LogP contribution in [-0.4, -0.2) is 29.5 Å². The molecule has 2 aromatic rings. The smallest absolute Gasteiger partial charge is 0.270 e. The van der Waals surface area contributed by atoms with Crippen molar-refractivity contribution in [3.8, 4) is 0 Å². The van der Waals surface area contributed by atoms with Gasteiger partial charge in [-0.25, -0.2) is 0 Å². The molecule has 1 aromatic carbocycles. The molecule has 100 valence electrons. The molecule has 0 aliphatic carbocycles. The number of hydrogen-bond acceptors (Lipinski definition) is 2. The van der Waals surface area contributed by atoms with Crippen LogP contribution in [0, 0.1) is 0 Å². The lowest BCUT2D eigenvalue weighted by Crippen LogP contribution is -2.32. The van der Waals surface area contributed by atoms with E-state index in [1.165, 1.54) is 4.90 Å². The van der Waals surface area contributed by atoms with E-state index >= 15 is 0 Å². The van der Waals surface area contributed by atoms with E-state index < -0.39 is 0 Å². The molecule has 0 aliphatic heterocycles. The summed E-state index contributed by atoms with van der Waals surface area (Å²) in [6.45, 7) is 3.81. The Morgan fingerprint density at radius 2 is 1.84 bits per heavy atom. The summed E-state index contributed by atoms with van der Waals surface area (Å²) in [5, 5.41) is 1.45. The van der Waals surface area contributed by atoms with Crippen LogP contribution in [-0.2, 0) is 0 Å². The lowest BCUT2D eigenvalue weighted by Gasteiger charge is -2.19. The Kier molecular flexibility index (Phi) is 3.42. The van der Waals surface area contributed by atoms with Crippen molar-refractivity contribution in [1.29, 1.82) is 0 Å². The number of nitrogens with zero attached hydrogens (tertiary/aromatic N) is 2. The van der Waals surface area contributed by atoms with Crippen LogP contribution >= 0.6 is 0 Å². The van der Waals surface area contributed by atoms with Crippen molar-refractivity contribution in [1.82, 2.24) is 9.47 Å². The summed E-state index contributed by atoms with van der Waals surface area (Å²) in [6.07, 6.45) is 0. The third kappa shape index (κ3) is 2.26. The first-order valence-electron chi connectivity index (χ1n) is 6.29. The first kappa shape index (κ1) is 13.3. The van der Waals surface area contributed by atoms with E-state index in [0.717, 1.165) is 5.39 Å². The molecule has 0 saturated carbocycles. The topological polar surface area (TPSA) is 42.3 Å². The minimum Gasteiger partial charge on any atom is -0.343 e. The van der Waals surface area contributed by atoms with Gasteiger partial charge in [-0.3, -0.25) is 9.59 Å². The van der Waals surface area contributed by atoms with Crippen molar-refractivity contribution in [2.75, 3.05) is 14.1 Å². The largest absolute Gasteiger partial charge is 0.343 e. The van der Waals surface area contributed by atoms with Gasteiger partial charge >= 0.3 is 0 Å². The van der Waals surface area contributed by atoms with E-state index in [4.69, 9.17) is 0 Å². The van der Waals surface area contributed by atoms with Gasteiger partial charge in [0.2, 0.25) is 0 Å². The van der Waals surface area contributed by atoms with Gasteiger partial charge in [-0.2, -0.15) is 0 Å². The van der Waals surface area contributed by atoms with Gasteiger partial charge in [0.15, 0.2) is 0 Å². The monoisotopic (exact) mass is 258 g/mol. The van der Waals surface area contributed by atoms with Gasteiger partial charge in [-0.1, -0.05) is 18.2 Å². The number of carbonyl (C=O) groups excluding carboxylic acids is 1. The van der Waals surface area contributed by atoms with Gasteiger partial charge < -0.3 is 9.47 Å². The maximum Gasteiger partial charge on any atom is 0.270 e. The maximum atomic E-state index is 12.5. The lowest BCUT2D eigenvalue weighted by atomic mass is 10.1. The zero-order valence-corrected chi connectivity index (χ0v) is 11.7. The molecule has 1 amide bonds. The van der Waals surface area contributed by atoms with Crippen LogP contribution in [0.15, 0.2) is 35.1 Å². The van der Waals surface area contributed by atoms with Crippen molar-refractivity contribution in [3.63, 3.8) is 0 Å². The number of benzene rings is 1. The SMILES string of the molecule is CC(C)n1c(C(=O)N(C)C)cc2ccccc2c1=O. The molecule has 19 heavy (non-hydrogen) atoms. The fraction of sp³-hybridized carbons (Fsp3) is 0.333. The van der Waals surface area contributed by atoms with E-state index in [2.05, 4.69) is 0 Å². The molecule has 0 bridgehead atoms. The number of amides is 1. The van der Waals surface area contributed by atoms with Crippen molar-refractivity contribution in [2.45, 2.75) is 19.9 Å². The highest BCUT2D eigenvalue weighted by Crippen LogP contribution is 2.16. The summed E-state index contributed by atoms with van der Waals surface area (Å²) in [4.78, 5) is 26.2. The molecule has 0 atom stereocenters. The quantitative estimate of drug-likeness (QED) is 0.829. The molecule has 1 heterocycles. The van der Waals surface area contributed by atoms with Crippen LogP contribution in [0.25, 0.3) is 10.8 Å². The van der Waals surface area contributed by atoms with E-state index in [1.807, 2.05) is 32.0 Å². The molecule has 0 unspecified atom stereocenters. The third-order valence-corrected chi connectivity index (χ3v) is 3.10. The number of rotatable bonds is 2. The Morgan fingerprint density at radius 1 is 1.21 bits per heavy atom. The molecular weight excluding hydrogens is 240 g/mol. The molecule has 0 fully saturated rings. The standard InChI is InChI=1S/C15H18N2O2/c1-10(2)17-13(15(19)16(3)4)9-11-7-5-6-8-12(11)14(17)18/h5-10H,1-4H3. The Labute approximate surface area is 112 Å². The zero-order chi connectivity index (χ0) is 14.2. The predicted molar refractivity (Wildman–Crippen MR) is 76.6 cm³/mol. The summed E-state index contributed by atoms with van der Waals surface area (Å²) in [7, 11) is 3.37. The van der Waals surface area contributed by atoms with Crippen LogP contribution < -0.4 is 5.56 Å². The highest BCUT2D eigenvalue weighted by molar-refractivity contribution is 5.96.